The first kappa shape index (κ1) is 15.9. The van der Waals surface area contributed by atoms with Crippen LogP contribution >= 0.6 is 0 Å². The van der Waals surface area contributed by atoms with E-state index in [-0.39, 0.29) is 5.54 Å². The second-order valence-corrected chi connectivity index (χ2v) is 5.74. The molecule has 0 rings (SSSR count). The first-order valence-corrected chi connectivity index (χ1v) is 6.47. The Hall–Kier alpha value is -0.120. The highest BCUT2D eigenvalue weighted by Crippen LogP contribution is 2.02. The van der Waals surface area contributed by atoms with Gasteiger partial charge in [-0.25, -0.2) is 0 Å². The predicted molar refractivity (Wildman–Crippen MR) is 70.8 cm³/mol. The molecule has 0 aromatic carbocycles. The van der Waals surface area contributed by atoms with E-state index in [0.717, 1.165) is 26.1 Å². The van der Waals surface area contributed by atoms with Crippen LogP contribution in [0.25, 0.3) is 0 Å². The number of nitrogens with zero attached hydrogens (tertiary/aromatic N) is 1. The van der Waals surface area contributed by atoms with Crippen molar-refractivity contribution in [3.63, 3.8) is 0 Å². The molecule has 0 aromatic rings. The van der Waals surface area contributed by atoms with Gasteiger partial charge >= 0.3 is 0 Å². The van der Waals surface area contributed by atoms with E-state index < -0.39 is 0 Å². The largest absolute Gasteiger partial charge is 0.396 e. The summed E-state index contributed by atoms with van der Waals surface area (Å²) in [7, 11) is 0. The molecule has 0 saturated carbocycles. The van der Waals surface area contributed by atoms with Crippen LogP contribution in [0.4, 0.5) is 0 Å². The van der Waals surface area contributed by atoms with Crippen molar-refractivity contribution in [3.8, 4) is 0 Å². The summed E-state index contributed by atoms with van der Waals surface area (Å²) in [5.74, 6) is 0. The highest BCUT2D eigenvalue weighted by molar-refractivity contribution is 4.71. The van der Waals surface area contributed by atoms with Crippen LogP contribution in [0.5, 0.6) is 0 Å². The zero-order valence-corrected chi connectivity index (χ0v) is 11.7. The minimum Gasteiger partial charge on any atom is -0.396 e. The Labute approximate surface area is 101 Å². The third-order valence-electron chi connectivity index (χ3n) is 2.61. The van der Waals surface area contributed by atoms with Crippen LogP contribution < -0.4 is 5.32 Å². The molecular formula is C13H30N2O. The average Bonchev–Trinajstić information content (AvgIpc) is 2.14. The third kappa shape index (κ3) is 9.13. The molecule has 0 aliphatic carbocycles. The highest BCUT2D eigenvalue weighted by Gasteiger charge is 2.10. The maximum absolute atomic E-state index is 8.84. The lowest BCUT2D eigenvalue weighted by atomic mass is 10.1. The SMILES string of the molecule is CC(C)N(CCCO)CCCNC(C)(C)C. The molecule has 2 N–H and O–H groups in total. The molecular weight excluding hydrogens is 200 g/mol. The normalized spacial score (nSPS) is 12.8. The quantitative estimate of drug-likeness (QED) is 0.625. The lowest BCUT2D eigenvalue weighted by Gasteiger charge is -2.27. The predicted octanol–water partition coefficient (Wildman–Crippen LogP) is 1.86. The molecule has 0 fully saturated rings. The summed E-state index contributed by atoms with van der Waals surface area (Å²) >= 11 is 0. The molecule has 0 saturated heterocycles. The van der Waals surface area contributed by atoms with Gasteiger partial charge in [0.15, 0.2) is 0 Å². The second-order valence-electron chi connectivity index (χ2n) is 5.74. The number of hydrogen-bond acceptors (Lipinski definition) is 3. The zero-order chi connectivity index (χ0) is 12.6. The second kappa shape index (κ2) is 8.04. The van der Waals surface area contributed by atoms with Crippen LogP contribution in [0, 0.1) is 0 Å². The molecule has 0 aromatic heterocycles. The molecule has 0 spiro atoms. The van der Waals surface area contributed by atoms with Crippen molar-refractivity contribution in [1.29, 1.82) is 0 Å². The fourth-order valence-corrected chi connectivity index (χ4v) is 1.65. The Morgan fingerprint density at radius 3 is 2.12 bits per heavy atom. The van der Waals surface area contributed by atoms with Crippen LogP contribution in [0.2, 0.25) is 0 Å². The molecule has 0 aliphatic heterocycles. The van der Waals surface area contributed by atoms with Gasteiger partial charge in [0, 0.05) is 24.7 Å². The van der Waals surface area contributed by atoms with Gasteiger partial charge in [0.25, 0.3) is 0 Å². The van der Waals surface area contributed by atoms with E-state index in [1.54, 1.807) is 0 Å². The summed E-state index contributed by atoms with van der Waals surface area (Å²) in [6.07, 6.45) is 2.05. The lowest BCUT2D eigenvalue weighted by Crippen LogP contribution is -2.39. The highest BCUT2D eigenvalue weighted by atomic mass is 16.3. The summed E-state index contributed by atoms with van der Waals surface area (Å²) in [6, 6.07) is 0.571. The van der Waals surface area contributed by atoms with E-state index in [0.29, 0.717) is 12.6 Å². The monoisotopic (exact) mass is 230 g/mol. The van der Waals surface area contributed by atoms with E-state index in [9.17, 15) is 0 Å². The molecule has 0 bridgehead atoms. The molecule has 0 radical (unpaired) electrons. The Balaban J connectivity index is 3.68. The molecule has 98 valence electrons. The lowest BCUT2D eigenvalue weighted by molar-refractivity contribution is 0.188. The molecule has 0 heterocycles. The van der Waals surface area contributed by atoms with Gasteiger partial charge in [0.2, 0.25) is 0 Å². The minimum absolute atomic E-state index is 0.216. The van der Waals surface area contributed by atoms with Crippen molar-refractivity contribution >= 4 is 0 Å². The van der Waals surface area contributed by atoms with E-state index in [4.69, 9.17) is 5.11 Å². The van der Waals surface area contributed by atoms with Gasteiger partial charge in [-0.15, -0.1) is 0 Å². The smallest absolute Gasteiger partial charge is 0.0443 e. The van der Waals surface area contributed by atoms with Crippen LogP contribution in [0.1, 0.15) is 47.5 Å². The summed E-state index contributed by atoms with van der Waals surface area (Å²) in [5.41, 5.74) is 0.216. The molecule has 16 heavy (non-hydrogen) atoms. The van der Waals surface area contributed by atoms with Crippen molar-refractivity contribution in [3.05, 3.63) is 0 Å². The van der Waals surface area contributed by atoms with Gasteiger partial charge in [0.05, 0.1) is 0 Å². The molecule has 0 unspecified atom stereocenters. The maximum Gasteiger partial charge on any atom is 0.0443 e. The van der Waals surface area contributed by atoms with Gasteiger partial charge in [-0.3, -0.25) is 0 Å². The number of nitrogens with one attached hydrogen (secondary N) is 1. The van der Waals surface area contributed by atoms with Gasteiger partial charge in [-0.1, -0.05) is 0 Å². The molecule has 0 aliphatic rings. The Morgan fingerprint density at radius 1 is 1.12 bits per heavy atom. The fraction of sp³-hybridized carbons (Fsp3) is 1.00. The molecule has 3 nitrogen and oxygen atoms in total. The molecule has 0 amide bonds. The zero-order valence-electron chi connectivity index (χ0n) is 11.7. The Morgan fingerprint density at radius 2 is 1.69 bits per heavy atom. The number of rotatable bonds is 8. The third-order valence-corrected chi connectivity index (χ3v) is 2.61. The van der Waals surface area contributed by atoms with Crippen molar-refractivity contribution in [2.75, 3.05) is 26.2 Å². The van der Waals surface area contributed by atoms with Gasteiger partial charge in [0.1, 0.15) is 0 Å². The van der Waals surface area contributed by atoms with Crippen LogP contribution in [-0.4, -0.2) is 47.8 Å². The summed E-state index contributed by atoms with van der Waals surface area (Å²) in [4.78, 5) is 2.43. The topological polar surface area (TPSA) is 35.5 Å². The van der Waals surface area contributed by atoms with Crippen LogP contribution in [0.15, 0.2) is 0 Å². The maximum atomic E-state index is 8.84. The summed E-state index contributed by atoms with van der Waals surface area (Å²) in [6.45, 7) is 14.5. The Bertz CT molecular complexity index is 164. The number of aliphatic hydroxyl groups excluding tert-OH is 1. The van der Waals surface area contributed by atoms with Crippen molar-refractivity contribution in [2.24, 2.45) is 0 Å². The number of aliphatic hydroxyl groups is 1. The number of hydrogen-bond donors (Lipinski definition) is 2. The van der Waals surface area contributed by atoms with Gasteiger partial charge in [-0.05, 0) is 60.5 Å². The molecule has 0 atom stereocenters. The van der Waals surface area contributed by atoms with Crippen molar-refractivity contribution in [2.45, 2.75) is 59.0 Å². The van der Waals surface area contributed by atoms with Crippen molar-refractivity contribution < 1.29 is 5.11 Å². The molecule has 3 heteroatoms. The van der Waals surface area contributed by atoms with Crippen LogP contribution in [-0.2, 0) is 0 Å². The van der Waals surface area contributed by atoms with Crippen molar-refractivity contribution in [1.82, 2.24) is 10.2 Å². The fourth-order valence-electron chi connectivity index (χ4n) is 1.65. The van der Waals surface area contributed by atoms with E-state index >= 15 is 0 Å². The first-order chi connectivity index (χ1) is 7.37. The average molecular weight is 230 g/mol. The van der Waals surface area contributed by atoms with Gasteiger partial charge < -0.3 is 15.3 Å². The minimum atomic E-state index is 0.216. The first-order valence-electron chi connectivity index (χ1n) is 6.47. The Kier molecular flexibility index (Phi) is 7.98. The summed E-state index contributed by atoms with van der Waals surface area (Å²) in [5, 5.41) is 12.3. The van der Waals surface area contributed by atoms with E-state index in [1.165, 1.54) is 6.42 Å². The standard InChI is InChI=1S/C13H30N2O/c1-12(2)15(10-7-11-16)9-6-8-14-13(3,4)5/h12,14,16H,6-11H2,1-5H3. The van der Waals surface area contributed by atoms with Gasteiger partial charge in [-0.2, -0.15) is 0 Å². The summed E-state index contributed by atoms with van der Waals surface area (Å²) < 4.78 is 0. The van der Waals surface area contributed by atoms with E-state index in [2.05, 4.69) is 44.8 Å². The van der Waals surface area contributed by atoms with E-state index in [1.807, 2.05) is 0 Å². The van der Waals surface area contributed by atoms with Crippen LogP contribution in [0.3, 0.4) is 0 Å².